The SMILES string of the molecule is CC/C=C\C/C=C\C/C=C\C/C=C\C/C=C\C/C=C\CC(O)C(=O)NC(COC1OC(CO)C(O)C(O)C1OC(=O)CCCCCCCCC/C=C/CCCCCCCC)C(O)/C=C/CCCCCCCCCCC. The molecule has 0 aromatic rings. The number of nitrogens with one attached hydrogen (secondary N) is 1. The van der Waals surface area contributed by atoms with Gasteiger partial charge in [-0.1, -0.05) is 234 Å². The van der Waals surface area contributed by atoms with Crippen molar-refractivity contribution in [3.05, 3.63) is 97.2 Å². The van der Waals surface area contributed by atoms with Crippen LogP contribution >= 0.6 is 0 Å². The fourth-order valence-corrected chi connectivity index (χ4v) is 8.72. The highest BCUT2D eigenvalue weighted by Gasteiger charge is 2.47. The van der Waals surface area contributed by atoms with Crippen LogP contribution in [0.4, 0.5) is 0 Å². The van der Waals surface area contributed by atoms with Crippen LogP contribution in [-0.4, -0.2) is 99.6 Å². The van der Waals surface area contributed by atoms with Gasteiger partial charge in [0, 0.05) is 12.8 Å². The summed E-state index contributed by atoms with van der Waals surface area (Å²) < 4.78 is 17.5. The summed E-state index contributed by atoms with van der Waals surface area (Å²) in [6, 6.07) is -1.07. The van der Waals surface area contributed by atoms with Crippen molar-refractivity contribution in [2.24, 2.45) is 0 Å². The zero-order valence-electron chi connectivity index (χ0n) is 47.4. The van der Waals surface area contributed by atoms with Crippen molar-refractivity contribution in [3.63, 3.8) is 0 Å². The third-order valence-corrected chi connectivity index (χ3v) is 13.5. The molecule has 11 nitrogen and oxygen atoms in total. The highest BCUT2D eigenvalue weighted by molar-refractivity contribution is 5.81. The van der Waals surface area contributed by atoms with Gasteiger partial charge in [0.25, 0.3) is 0 Å². The minimum Gasteiger partial charge on any atom is -0.454 e. The van der Waals surface area contributed by atoms with Crippen molar-refractivity contribution < 1.29 is 49.3 Å². The number of hydrogen-bond donors (Lipinski definition) is 6. The van der Waals surface area contributed by atoms with E-state index in [0.29, 0.717) is 12.8 Å². The van der Waals surface area contributed by atoms with E-state index in [2.05, 4.69) is 92.9 Å². The zero-order chi connectivity index (χ0) is 54.7. The van der Waals surface area contributed by atoms with Crippen molar-refractivity contribution in [3.8, 4) is 0 Å². The maximum atomic E-state index is 13.4. The monoisotopic (exact) mass is 1050 g/mol. The number of ether oxygens (including phenoxy) is 3. The Labute approximate surface area is 456 Å². The number of aliphatic hydroxyl groups is 5. The molecule has 1 amide bonds. The van der Waals surface area contributed by atoms with Crippen LogP contribution < -0.4 is 5.32 Å². The number of aliphatic hydroxyl groups excluding tert-OH is 5. The number of hydrogen-bond acceptors (Lipinski definition) is 10. The van der Waals surface area contributed by atoms with E-state index in [1.54, 1.807) is 12.2 Å². The van der Waals surface area contributed by atoms with E-state index >= 15 is 0 Å². The first-order chi connectivity index (χ1) is 36.7. The number of carbonyl (C=O) groups excluding carboxylic acids is 2. The van der Waals surface area contributed by atoms with E-state index < -0.39 is 67.4 Å². The molecule has 8 unspecified atom stereocenters. The molecule has 0 radical (unpaired) electrons. The molecule has 11 heteroatoms. The Balaban J connectivity index is 2.75. The van der Waals surface area contributed by atoms with Gasteiger partial charge in [0.1, 0.15) is 24.4 Å². The number of carbonyl (C=O) groups is 2. The topological polar surface area (TPSA) is 175 Å². The lowest BCUT2D eigenvalue weighted by molar-refractivity contribution is -0.305. The summed E-state index contributed by atoms with van der Waals surface area (Å²) in [6.45, 7) is 5.60. The van der Waals surface area contributed by atoms with Crippen LogP contribution in [0.5, 0.6) is 0 Å². The Morgan fingerprint density at radius 2 is 0.960 bits per heavy atom. The summed E-state index contributed by atoms with van der Waals surface area (Å²) in [6.07, 6.45) is 57.5. The molecule has 8 atom stereocenters. The van der Waals surface area contributed by atoms with Gasteiger partial charge in [0.2, 0.25) is 5.91 Å². The molecule has 0 aliphatic carbocycles. The van der Waals surface area contributed by atoms with Crippen molar-refractivity contribution in [2.45, 2.75) is 282 Å². The Hall–Kier alpha value is -3.42. The molecule has 1 heterocycles. The first kappa shape index (κ1) is 69.6. The molecular formula is C64H109NO10. The van der Waals surface area contributed by atoms with Gasteiger partial charge in [0.15, 0.2) is 12.4 Å². The maximum absolute atomic E-state index is 13.4. The Morgan fingerprint density at radius 1 is 0.533 bits per heavy atom. The van der Waals surface area contributed by atoms with Gasteiger partial charge >= 0.3 is 5.97 Å². The molecule has 1 rings (SSSR count). The van der Waals surface area contributed by atoms with Gasteiger partial charge in [-0.15, -0.1) is 0 Å². The molecule has 1 aliphatic rings. The molecule has 1 fully saturated rings. The van der Waals surface area contributed by atoms with E-state index in [4.69, 9.17) is 14.2 Å². The summed E-state index contributed by atoms with van der Waals surface area (Å²) >= 11 is 0. The second kappa shape index (κ2) is 51.3. The third kappa shape index (κ3) is 39.6. The van der Waals surface area contributed by atoms with Gasteiger partial charge in [-0.2, -0.15) is 0 Å². The third-order valence-electron chi connectivity index (χ3n) is 13.5. The van der Waals surface area contributed by atoms with Gasteiger partial charge < -0.3 is 45.1 Å². The average molecular weight is 1050 g/mol. The summed E-state index contributed by atoms with van der Waals surface area (Å²) in [7, 11) is 0. The van der Waals surface area contributed by atoms with Crippen LogP contribution in [0.1, 0.15) is 233 Å². The van der Waals surface area contributed by atoms with Crippen molar-refractivity contribution >= 4 is 11.9 Å². The summed E-state index contributed by atoms with van der Waals surface area (Å²) in [4.78, 5) is 26.5. The predicted octanol–water partition coefficient (Wildman–Crippen LogP) is 13.9. The predicted molar refractivity (Wildman–Crippen MR) is 310 cm³/mol. The summed E-state index contributed by atoms with van der Waals surface area (Å²) in [5.74, 6) is -1.29. The molecule has 430 valence electrons. The molecule has 1 saturated heterocycles. The van der Waals surface area contributed by atoms with Gasteiger partial charge in [-0.3, -0.25) is 9.59 Å². The first-order valence-corrected chi connectivity index (χ1v) is 30.0. The molecule has 0 spiro atoms. The molecule has 0 aromatic carbocycles. The van der Waals surface area contributed by atoms with Gasteiger partial charge in [-0.25, -0.2) is 0 Å². The number of amides is 1. The van der Waals surface area contributed by atoms with Crippen molar-refractivity contribution in [1.29, 1.82) is 0 Å². The number of esters is 1. The van der Waals surface area contributed by atoms with E-state index in [-0.39, 0.29) is 19.4 Å². The van der Waals surface area contributed by atoms with Crippen LogP contribution in [0, 0.1) is 0 Å². The van der Waals surface area contributed by atoms with Crippen LogP contribution in [0.25, 0.3) is 0 Å². The molecule has 0 aromatic heterocycles. The van der Waals surface area contributed by atoms with E-state index in [1.807, 2.05) is 18.2 Å². The fraction of sp³-hybridized carbons (Fsp3) is 0.719. The number of allylic oxidation sites excluding steroid dienone is 14. The minimum absolute atomic E-state index is 0.0535. The fourth-order valence-electron chi connectivity index (χ4n) is 8.72. The van der Waals surface area contributed by atoms with E-state index in [1.165, 1.54) is 96.3 Å². The number of rotatable bonds is 49. The Bertz CT molecular complexity index is 1580. The van der Waals surface area contributed by atoms with Crippen molar-refractivity contribution in [1.82, 2.24) is 5.32 Å². The smallest absolute Gasteiger partial charge is 0.306 e. The normalized spacial score (nSPS) is 19.9. The van der Waals surface area contributed by atoms with Gasteiger partial charge in [-0.05, 0) is 83.5 Å². The highest BCUT2D eigenvalue weighted by atomic mass is 16.7. The molecule has 0 saturated carbocycles. The molecule has 75 heavy (non-hydrogen) atoms. The molecule has 0 bridgehead atoms. The van der Waals surface area contributed by atoms with Crippen LogP contribution in [0.3, 0.4) is 0 Å². The lowest BCUT2D eigenvalue weighted by Gasteiger charge is -2.41. The summed E-state index contributed by atoms with van der Waals surface area (Å²) in [5.41, 5.74) is 0. The Morgan fingerprint density at radius 3 is 1.43 bits per heavy atom. The van der Waals surface area contributed by atoms with Gasteiger partial charge in [0.05, 0.1) is 25.4 Å². The van der Waals surface area contributed by atoms with Crippen LogP contribution in [0.15, 0.2) is 97.2 Å². The lowest BCUT2D eigenvalue weighted by atomic mass is 9.99. The second-order valence-electron chi connectivity index (χ2n) is 20.4. The molecular weight excluding hydrogens is 943 g/mol. The quantitative estimate of drug-likeness (QED) is 0.0195. The van der Waals surface area contributed by atoms with E-state index in [9.17, 15) is 35.1 Å². The number of unbranched alkanes of at least 4 members (excludes halogenated alkanes) is 22. The second-order valence-corrected chi connectivity index (χ2v) is 20.4. The summed E-state index contributed by atoms with van der Waals surface area (Å²) in [5, 5.41) is 56.7. The van der Waals surface area contributed by atoms with E-state index in [0.717, 1.165) is 89.9 Å². The standard InChI is InChI=1S/C64H109NO10/c1-4-7-10-13-16-19-22-24-26-28-30-31-33-36-39-42-45-48-51-57(68)63(72)65-55(56(67)50-47-44-41-38-35-21-18-15-12-9-6-3)54-73-64-62(61(71)60(70)58(53-66)74-64)75-59(69)52-49-46-43-40-37-34-32-29-27-25-23-20-17-14-11-8-5-2/h7,10,16,19,24-27,30-31,36,39,45,47-48,50,55-58,60-62,64,66-68,70-71H,4-6,8-9,11-15,17-18,20-23,28-29,32-35,37-38,40-44,46,49,51-54H2,1-3H3,(H,65,72)/b10-7-,19-16-,26-24-,27-25+,31-30-,39-36-,48-45-,50-47+. The van der Waals surface area contributed by atoms with Crippen LogP contribution in [0.2, 0.25) is 0 Å². The Kier molecular flexibility index (Phi) is 47.6. The molecule has 1 aliphatic heterocycles. The average Bonchev–Trinajstić information content (AvgIpc) is 3.41. The van der Waals surface area contributed by atoms with Crippen LogP contribution in [-0.2, 0) is 23.8 Å². The van der Waals surface area contributed by atoms with Crippen molar-refractivity contribution in [2.75, 3.05) is 13.2 Å². The first-order valence-electron chi connectivity index (χ1n) is 30.0. The minimum atomic E-state index is -1.63. The highest BCUT2D eigenvalue weighted by Crippen LogP contribution is 2.26. The maximum Gasteiger partial charge on any atom is 0.306 e. The lowest BCUT2D eigenvalue weighted by Crippen LogP contribution is -2.61. The zero-order valence-corrected chi connectivity index (χ0v) is 47.4. The largest absolute Gasteiger partial charge is 0.454 e. The molecule has 6 N–H and O–H groups in total.